The van der Waals surface area contributed by atoms with Gasteiger partial charge < -0.3 is 15.7 Å². The summed E-state index contributed by atoms with van der Waals surface area (Å²) in [5, 5.41) is 15.0. The molecule has 0 heterocycles. The van der Waals surface area contributed by atoms with Gasteiger partial charge in [-0.2, -0.15) is 0 Å². The van der Waals surface area contributed by atoms with Crippen LogP contribution >= 0.6 is 0 Å². The van der Waals surface area contributed by atoms with Crippen molar-refractivity contribution in [2.45, 2.75) is 13.8 Å². The first-order chi connectivity index (χ1) is 3.15. The number of hydrogen-bond donors (Lipinski definition) is 2. The summed E-state index contributed by atoms with van der Waals surface area (Å²) in [6.07, 6.45) is 0. The Labute approximate surface area is 48.1 Å². The molecule has 52 valence electrons. The quantitative estimate of drug-likeness (QED) is 0.446. The molecule has 0 unspecified atom stereocenters. The van der Waals surface area contributed by atoms with E-state index < -0.39 is 5.97 Å². The van der Waals surface area contributed by atoms with E-state index in [4.69, 9.17) is 15.0 Å². The lowest BCUT2D eigenvalue weighted by atomic mass is 10.9. The van der Waals surface area contributed by atoms with Crippen LogP contribution in [-0.2, 0) is 4.79 Å². The highest BCUT2D eigenvalue weighted by atomic mass is 16.4. The fourth-order valence-corrected chi connectivity index (χ4v) is 0. The predicted molar refractivity (Wildman–Crippen MR) is 29.7 cm³/mol. The van der Waals surface area contributed by atoms with Crippen molar-refractivity contribution in [3.63, 3.8) is 0 Å². The topological polar surface area (TPSA) is 89.0 Å². The molecule has 0 radical (unpaired) electrons. The second-order valence-corrected chi connectivity index (χ2v) is 0.835. The van der Waals surface area contributed by atoms with Crippen molar-refractivity contribution in [1.82, 2.24) is 0 Å². The Bertz CT molecular complexity index is 39.3. The lowest BCUT2D eigenvalue weighted by Crippen LogP contribution is -1.78. The minimum atomic E-state index is -0.833. The summed E-state index contributed by atoms with van der Waals surface area (Å²) in [7, 11) is 0. The molecule has 0 aliphatic rings. The van der Waals surface area contributed by atoms with Gasteiger partial charge in [0.2, 0.25) is 0 Å². The zero-order valence-corrected chi connectivity index (χ0v) is 5.01. The maximum atomic E-state index is 9.00. The van der Waals surface area contributed by atoms with Gasteiger partial charge >= 0.3 is 0 Å². The standard InChI is InChI=1S/C2H4O2.C2H6O.H2O/c1-2(3)4;1-2-3;/h1H3,(H,3,4);3H,2H2,1H3;1H2. The highest BCUT2D eigenvalue weighted by Gasteiger charge is 1.65. The molecule has 0 aromatic carbocycles. The van der Waals surface area contributed by atoms with Crippen molar-refractivity contribution in [1.29, 1.82) is 0 Å². The van der Waals surface area contributed by atoms with Gasteiger partial charge in [0, 0.05) is 13.5 Å². The zero-order valence-electron chi connectivity index (χ0n) is 5.01. The van der Waals surface area contributed by atoms with Crippen LogP contribution in [0, 0.1) is 0 Å². The molecule has 4 heteroatoms. The largest absolute Gasteiger partial charge is 0.481 e. The minimum absolute atomic E-state index is 0. The molecule has 0 aliphatic heterocycles. The second kappa shape index (κ2) is 16.2. The summed E-state index contributed by atoms with van der Waals surface area (Å²) < 4.78 is 0. The Balaban J connectivity index is -0.0000000575. The second-order valence-electron chi connectivity index (χ2n) is 0.835. The number of carboxylic acid groups (broad SMARTS) is 1. The molecule has 0 aromatic rings. The molecule has 0 amide bonds. The number of hydrogen-bond acceptors (Lipinski definition) is 2. The summed E-state index contributed by atoms with van der Waals surface area (Å²) in [5.74, 6) is -0.833. The van der Waals surface area contributed by atoms with Gasteiger partial charge in [-0.1, -0.05) is 0 Å². The van der Waals surface area contributed by atoms with Gasteiger partial charge in [-0.3, -0.25) is 4.79 Å². The van der Waals surface area contributed by atoms with Gasteiger partial charge in [0.15, 0.2) is 0 Å². The number of carbonyl (C=O) groups is 1. The normalized spacial score (nSPS) is 5.38. The monoisotopic (exact) mass is 124 g/mol. The van der Waals surface area contributed by atoms with Crippen LogP contribution in [0.3, 0.4) is 0 Å². The van der Waals surface area contributed by atoms with Crippen molar-refractivity contribution < 1.29 is 20.5 Å². The molecule has 0 saturated carbocycles. The number of aliphatic hydroxyl groups excluding tert-OH is 1. The Kier molecular flexibility index (Phi) is 31.6. The molecule has 0 atom stereocenters. The molecule has 0 rings (SSSR count). The molecule has 8 heavy (non-hydrogen) atoms. The molecule has 0 saturated heterocycles. The Morgan fingerprint density at radius 1 is 1.62 bits per heavy atom. The van der Waals surface area contributed by atoms with Crippen LogP contribution in [0.2, 0.25) is 0 Å². The van der Waals surface area contributed by atoms with Crippen LogP contribution < -0.4 is 0 Å². The van der Waals surface area contributed by atoms with Gasteiger partial charge in [-0.05, 0) is 6.92 Å². The van der Waals surface area contributed by atoms with Gasteiger partial charge in [0.1, 0.15) is 0 Å². The van der Waals surface area contributed by atoms with Crippen LogP contribution in [0.15, 0.2) is 0 Å². The summed E-state index contributed by atoms with van der Waals surface area (Å²) in [4.78, 5) is 9.00. The first-order valence-corrected chi connectivity index (χ1v) is 1.95. The number of rotatable bonds is 0. The molecule has 4 N–H and O–H groups in total. The number of aliphatic carboxylic acids is 1. The van der Waals surface area contributed by atoms with E-state index in [1.54, 1.807) is 6.92 Å². The van der Waals surface area contributed by atoms with Gasteiger partial charge in [0.05, 0.1) is 0 Å². The third kappa shape index (κ3) is 279. The van der Waals surface area contributed by atoms with Crippen LogP contribution in [0.5, 0.6) is 0 Å². The zero-order chi connectivity index (χ0) is 6.28. The fourth-order valence-electron chi connectivity index (χ4n) is 0. The number of aliphatic hydroxyl groups is 1. The van der Waals surface area contributed by atoms with E-state index in [0.29, 0.717) is 0 Å². The molecular weight excluding hydrogens is 112 g/mol. The van der Waals surface area contributed by atoms with E-state index in [9.17, 15) is 0 Å². The molecule has 4 nitrogen and oxygen atoms in total. The molecular formula is C4H12O4. The van der Waals surface area contributed by atoms with Crippen LogP contribution in [-0.4, -0.2) is 28.3 Å². The molecule has 0 aliphatic carbocycles. The molecule has 0 bridgehead atoms. The minimum Gasteiger partial charge on any atom is -0.481 e. The molecule has 0 fully saturated rings. The predicted octanol–water partition coefficient (Wildman–Crippen LogP) is -0.735. The Morgan fingerprint density at radius 2 is 1.62 bits per heavy atom. The number of carboxylic acids is 1. The van der Waals surface area contributed by atoms with Gasteiger partial charge in [-0.25, -0.2) is 0 Å². The summed E-state index contributed by atoms with van der Waals surface area (Å²) in [6.45, 7) is 3.01. The third-order valence-electron chi connectivity index (χ3n) is 0. The van der Waals surface area contributed by atoms with E-state index in [2.05, 4.69) is 0 Å². The van der Waals surface area contributed by atoms with E-state index in [-0.39, 0.29) is 12.1 Å². The van der Waals surface area contributed by atoms with Gasteiger partial charge in [-0.15, -0.1) is 0 Å². The maximum Gasteiger partial charge on any atom is 0.300 e. The van der Waals surface area contributed by atoms with Crippen LogP contribution in [0.25, 0.3) is 0 Å². The average molecular weight is 124 g/mol. The van der Waals surface area contributed by atoms with E-state index in [0.717, 1.165) is 6.92 Å². The van der Waals surface area contributed by atoms with Crippen LogP contribution in [0.4, 0.5) is 0 Å². The van der Waals surface area contributed by atoms with Crippen molar-refractivity contribution in [2.75, 3.05) is 6.61 Å². The van der Waals surface area contributed by atoms with Crippen molar-refractivity contribution >= 4 is 5.97 Å². The molecule has 0 spiro atoms. The Morgan fingerprint density at radius 3 is 1.62 bits per heavy atom. The molecule has 0 aromatic heterocycles. The van der Waals surface area contributed by atoms with Crippen molar-refractivity contribution in [3.05, 3.63) is 0 Å². The lowest BCUT2D eigenvalue weighted by Gasteiger charge is -1.59. The fraction of sp³-hybridized carbons (Fsp3) is 0.750. The average Bonchev–Trinajstić information content (AvgIpc) is 1.33. The third-order valence-corrected chi connectivity index (χ3v) is 0. The highest BCUT2D eigenvalue weighted by molar-refractivity contribution is 5.62. The van der Waals surface area contributed by atoms with E-state index in [1.807, 2.05) is 0 Å². The van der Waals surface area contributed by atoms with Crippen molar-refractivity contribution in [2.24, 2.45) is 0 Å². The SMILES string of the molecule is CC(=O)O.CCO.O. The van der Waals surface area contributed by atoms with Crippen LogP contribution in [0.1, 0.15) is 13.8 Å². The summed E-state index contributed by atoms with van der Waals surface area (Å²) in [5.41, 5.74) is 0. The van der Waals surface area contributed by atoms with E-state index in [1.165, 1.54) is 0 Å². The lowest BCUT2D eigenvalue weighted by molar-refractivity contribution is -0.134. The summed E-state index contributed by atoms with van der Waals surface area (Å²) >= 11 is 0. The Hall–Kier alpha value is -0.610. The first kappa shape index (κ1) is 15.7. The maximum absolute atomic E-state index is 9.00. The smallest absolute Gasteiger partial charge is 0.300 e. The first-order valence-electron chi connectivity index (χ1n) is 1.95. The van der Waals surface area contributed by atoms with Gasteiger partial charge in [0.25, 0.3) is 5.97 Å². The van der Waals surface area contributed by atoms with Crippen molar-refractivity contribution in [3.8, 4) is 0 Å². The summed E-state index contributed by atoms with van der Waals surface area (Å²) in [6, 6.07) is 0. The van der Waals surface area contributed by atoms with E-state index >= 15 is 0 Å². The highest BCUT2D eigenvalue weighted by Crippen LogP contribution is 1.42.